The molecule has 0 fully saturated rings. The second-order valence-electron chi connectivity index (χ2n) is 3.93. The van der Waals surface area contributed by atoms with Gasteiger partial charge in [-0.25, -0.2) is 0 Å². The van der Waals surface area contributed by atoms with Crippen LogP contribution in [0.15, 0.2) is 53.4 Å². The molecule has 0 radical (unpaired) electrons. The van der Waals surface area contributed by atoms with Crippen LogP contribution >= 0.6 is 11.8 Å². The molecule has 2 nitrogen and oxygen atoms in total. The fourth-order valence-corrected chi connectivity index (χ4v) is 2.06. The Hall–Kier alpha value is -1.61. The first-order valence-electron chi connectivity index (χ1n) is 6.82. The highest BCUT2D eigenvalue weighted by Gasteiger charge is 1.96. The van der Waals surface area contributed by atoms with Gasteiger partial charge in [0.25, 0.3) is 0 Å². The highest BCUT2D eigenvalue weighted by Crippen LogP contribution is 2.17. The van der Waals surface area contributed by atoms with E-state index in [1.807, 2.05) is 38.1 Å². The minimum atomic E-state index is 0.834. The molecule has 2 aromatic rings. The van der Waals surface area contributed by atoms with Crippen LogP contribution in [0.4, 0.5) is 5.69 Å². The number of ether oxygens (including phenoxy) is 1. The normalized spacial score (nSPS) is 9.40. The molecule has 0 bridgehead atoms. The van der Waals surface area contributed by atoms with Crippen molar-refractivity contribution in [2.24, 2.45) is 0 Å². The van der Waals surface area contributed by atoms with Gasteiger partial charge in [0.05, 0.1) is 7.11 Å². The first kappa shape index (κ1) is 16.4. The second kappa shape index (κ2) is 9.32. The van der Waals surface area contributed by atoms with Crippen molar-refractivity contribution < 1.29 is 4.74 Å². The lowest BCUT2D eigenvalue weighted by molar-refractivity contribution is 0.415. The van der Waals surface area contributed by atoms with Crippen molar-refractivity contribution in [3.63, 3.8) is 0 Å². The average molecular weight is 289 g/mol. The molecule has 20 heavy (non-hydrogen) atoms. The number of anilines is 1. The molecule has 0 atom stereocenters. The largest absolute Gasteiger partial charge is 0.497 e. The molecule has 108 valence electrons. The van der Waals surface area contributed by atoms with Crippen LogP contribution in [0.2, 0.25) is 0 Å². The summed E-state index contributed by atoms with van der Waals surface area (Å²) in [5.74, 6) is 0.880. The molecule has 2 aromatic carbocycles. The van der Waals surface area contributed by atoms with Gasteiger partial charge in [0.1, 0.15) is 5.75 Å². The zero-order valence-electron chi connectivity index (χ0n) is 12.6. The molecule has 1 N–H and O–H groups in total. The summed E-state index contributed by atoms with van der Waals surface area (Å²) in [6.07, 6.45) is 2.09. The van der Waals surface area contributed by atoms with E-state index in [2.05, 4.69) is 35.8 Å². The van der Waals surface area contributed by atoms with E-state index in [1.54, 1.807) is 18.9 Å². The van der Waals surface area contributed by atoms with Crippen LogP contribution < -0.4 is 10.1 Å². The van der Waals surface area contributed by atoms with Gasteiger partial charge < -0.3 is 10.1 Å². The number of methoxy groups -OCH3 is 1. The van der Waals surface area contributed by atoms with Gasteiger partial charge in [-0.3, -0.25) is 0 Å². The Morgan fingerprint density at radius 2 is 1.55 bits per heavy atom. The molecule has 0 unspecified atom stereocenters. The van der Waals surface area contributed by atoms with Gasteiger partial charge in [-0.2, -0.15) is 0 Å². The Kier molecular flexibility index (Phi) is 7.66. The van der Waals surface area contributed by atoms with E-state index < -0.39 is 0 Å². The van der Waals surface area contributed by atoms with E-state index in [0.717, 1.165) is 18.0 Å². The maximum absolute atomic E-state index is 5.13. The van der Waals surface area contributed by atoms with Gasteiger partial charge in [0.2, 0.25) is 0 Å². The van der Waals surface area contributed by atoms with Crippen molar-refractivity contribution in [2.45, 2.75) is 25.3 Å². The first-order chi connectivity index (χ1) is 9.81. The highest BCUT2D eigenvalue weighted by atomic mass is 32.2. The summed E-state index contributed by atoms with van der Waals surface area (Å²) in [5.41, 5.74) is 2.38. The summed E-state index contributed by atoms with van der Waals surface area (Å²) in [7, 11) is 1.68. The topological polar surface area (TPSA) is 21.3 Å². The molecule has 0 saturated heterocycles. The van der Waals surface area contributed by atoms with Crippen LogP contribution in [0.3, 0.4) is 0 Å². The monoisotopic (exact) mass is 289 g/mol. The van der Waals surface area contributed by atoms with Crippen LogP contribution in [-0.4, -0.2) is 13.4 Å². The number of hydrogen-bond donors (Lipinski definition) is 1. The molecule has 0 aliphatic rings. The van der Waals surface area contributed by atoms with Gasteiger partial charge in [0.15, 0.2) is 0 Å². The average Bonchev–Trinajstić information content (AvgIpc) is 2.55. The summed E-state index contributed by atoms with van der Waals surface area (Å²) in [6, 6.07) is 16.6. The van der Waals surface area contributed by atoms with E-state index in [9.17, 15) is 0 Å². The molecule has 0 saturated carbocycles. The van der Waals surface area contributed by atoms with Crippen LogP contribution in [0.5, 0.6) is 5.75 Å². The molecule has 0 spiro atoms. The Bertz CT molecular complexity index is 432. The number of benzene rings is 2. The Labute approximate surface area is 126 Å². The molecule has 0 aliphatic carbocycles. The van der Waals surface area contributed by atoms with Crippen LogP contribution in [0.25, 0.3) is 0 Å². The first-order valence-corrected chi connectivity index (χ1v) is 8.05. The molecular formula is C17H23NOS. The molecule has 3 heteroatoms. The zero-order valence-corrected chi connectivity index (χ0v) is 13.5. The maximum Gasteiger partial charge on any atom is 0.119 e. The predicted octanol–water partition coefficient (Wildman–Crippen LogP) is 5.06. The number of rotatable bonds is 5. The smallest absolute Gasteiger partial charge is 0.119 e. The molecule has 0 heterocycles. The van der Waals surface area contributed by atoms with Gasteiger partial charge in [-0.15, -0.1) is 11.8 Å². The van der Waals surface area contributed by atoms with E-state index in [1.165, 1.54) is 10.5 Å². The molecule has 0 aromatic heterocycles. The summed E-state index contributed by atoms with van der Waals surface area (Å²) in [6.45, 7) is 4.83. The van der Waals surface area contributed by atoms with Crippen molar-refractivity contribution in [2.75, 3.05) is 18.7 Å². The van der Waals surface area contributed by atoms with Crippen molar-refractivity contribution in [3.05, 3.63) is 54.1 Å². The van der Waals surface area contributed by atoms with Gasteiger partial charge >= 0.3 is 0 Å². The van der Waals surface area contributed by atoms with Gasteiger partial charge in [-0.05, 0) is 48.2 Å². The van der Waals surface area contributed by atoms with Gasteiger partial charge in [-0.1, -0.05) is 26.0 Å². The Morgan fingerprint density at radius 3 is 2.05 bits per heavy atom. The van der Waals surface area contributed by atoms with Crippen molar-refractivity contribution in [1.82, 2.24) is 0 Å². The third kappa shape index (κ3) is 5.17. The van der Waals surface area contributed by atoms with E-state index in [0.29, 0.717) is 0 Å². The lowest BCUT2D eigenvalue weighted by Gasteiger charge is -2.08. The minimum Gasteiger partial charge on any atom is -0.497 e. The second-order valence-corrected chi connectivity index (χ2v) is 4.81. The number of thioether (sulfide) groups is 1. The molecule has 2 rings (SSSR count). The predicted molar refractivity (Wildman–Crippen MR) is 89.9 cm³/mol. The van der Waals surface area contributed by atoms with Crippen LogP contribution in [-0.2, 0) is 6.54 Å². The van der Waals surface area contributed by atoms with Crippen LogP contribution in [0, 0.1) is 0 Å². The fourth-order valence-electron chi connectivity index (χ4n) is 1.66. The summed E-state index contributed by atoms with van der Waals surface area (Å²) >= 11 is 1.76. The van der Waals surface area contributed by atoms with E-state index in [-0.39, 0.29) is 0 Å². The number of hydrogen-bond acceptors (Lipinski definition) is 3. The third-order valence-electron chi connectivity index (χ3n) is 2.75. The fraction of sp³-hybridized carbons (Fsp3) is 0.294. The lowest BCUT2D eigenvalue weighted by atomic mass is 10.2. The SMILES string of the molecule is CC.COc1ccc(NCc2ccc(SC)cc2)cc1. The minimum absolute atomic E-state index is 0.834. The third-order valence-corrected chi connectivity index (χ3v) is 3.49. The van der Waals surface area contributed by atoms with E-state index >= 15 is 0 Å². The standard InChI is InChI=1S/C15H17NOS.C2H6/c1-17-14-7-5-13(6-8-14)16-11-12-3-9-15(18-2)10-4-12;1-2/h3-10,16H,11H2,1-2H3;1-2H3. The highest BCUT2D eigenvalue weighted by molar-refractivity contribution is 7.98. The zero-order chi connectivity index (χ0) is 14.8. The van der Waals surface area contributed by atoms with Gasteiger partial charge in [0, 0.05) is 17.1 Å². The quantitative estimate of drug-likeness (QED) is 0.778. The van der Waals surface area contributed by atoms with Crippen molar-refractivity contribution in [1.29, 1.82) is 0 Å². The molecular weight excluding hydrogens is 266 g/mol. The van der Waals surface area contributed by atoms with Crippen LogP contribution in [0.1, 0.15) is 19.4 Å². The maximum atomic E-state index is 5.13. The Morgan fingerprint density at radius 1 is 0.950 bits per heavy atom. The Balaban J connectivity index is 0.000000956. The van der Waals surface area contributed by atoms with Crippen molar-refractivity contribution >= 4 is 17.4 Å². The molecule has 0 amide bonds. The summed E-state index contributed by atoms with van der Waals surface area (Å²) in [4.78, 5) is 1.29. The molecule has 0 aliphatic heterocycles. The lowest BCUT2D eigenvalue weighted by Crippen LogP contribution is -1.98. The number of nitrogens with one attached hydrogen (secondary N) is 1. The van der Waals surface area contributed by atoms with E-state index in [4.69, 9.17) is 4.74 Å². The summed E-state index contributed by atoms with van der Waals surface area (Å²) < 4.78 is 5.13. The van der Waals surface area contributed by atoms with Crippen molar-refractivity contribution in [3.8, 4) is 5.75 Å². The summed E-state index contributed by atoms with van der Waals surface area (Å²) in [5, 5.41) is 3.39.